The molecule has 0 spiro atoms. The SMILES string of the molecule is Cc1ccoc1C(=O)N1CCCC(C(=O)N2CCOCC2)C1. The Morgan fingerprint density at radius 2 is 1.95 bits per heavy atom. The molecule has 1 unspecified atom stereocenters. The van der Waals surface area contributed by atoms with Crippen LogP contribution in [0.25, 0.3) is 0 Å². The van der Waals surface area contributed by atoms with Crippen molar-refractivity contribution in [3.63, 3.8) is 0 Å². The van der Waals surface area contributed by atoms with Gasteiger partial charge in [-0.3, -0.25) is 9.59 Å². The van der Waals surface area contributed by atoms with Crippen LogP contribution in [0.15, 0.2) is 16.7 Å². The minimum absolute atomic E-state index is 0.105. The Balaban J connectivity index is 1.65. The zero-order valence-electron chi connectivity index (χ0n) is 12.9. The van der Waals surface area contributed by atoms with Crippen LogP contribution in [0, 0.1) is 12.8 Å². The fraction of sp³-hybridized carbons (Fsp3) is 0.625. The summed E-state index contributed by atoms with van der Waals surface area (Å²) in [6.45, 7) is 5.54. The molecule has 0 saturated carbocycles. The van der Waals surface area contributed by atoms with Gasteiger partial charge < -0.3 is 19.0 Å². The van der Waals surface area contributed by atoms with Gasteiger partial charge in [-0.1, -0.05) is 0 Å². The highest BCUT2D eigenvalue weighted by Crippen LogP contribution is 2.22. The van der Waals surface area contributed by atoms with Gasteiger partial charge in [0.2, 0.25) is 5.91 Å². The molecule has 1 aromatic rings. The van der Waals surface area contributed by atoms with Crippen molar-refractivity contribution in [2.75, 3.05) is 39.4 Å². The number of piperidine rings is 1. The van der Waals surface area contributed by atoms with Crippen LogP contribution in [-0.4, -0.2) is 61.0 Å². The van der Waals surface area contributed by atoms with Crippen molar-refractivity contribution in [1.82, 2.24) is 9.80 Å². The zero-order chi connectivity index (χ0) is 15.5. The van der Waals surface area contributed by atoms with Crippen molar-refractivity contribution in [2.45, 2.75) is 19.8 Å². The first kappa shape index (κ1) is 15.1. The van der Waals surface area contributed by atoms with E-state index in [4.69, 9.17) is 9.15 Å². The van der Waals surface area contributed by atoms with Gasteiger partial charge in [0.05, 0.1) is 25.4 Å². The number of hydrogen-bond donors (Lipinski definition) is 0. The number of nitrogens with zero attached hydrogens (tertiary/aromatic N) is 2. The topological polar surface area (TPSA) is 63.0 Å². The lowest BCUT2D eigenvalue weighted by Gasteiger charge is -2.36. The summed E-state index contributed by atoms with van der Waals surface area (Å²) in [6.07, 6.45) is 3.23. The minimum Gasteiger partial charge on any atom is -0.459 e. The molecular formula is C16H22N2O4. The first-order valence-electron chi connectivity index (χ1n) is 7.86. The quantitative estimate of drug-likeness (QED) is 0.826. The molecule has 2 aliphatic rings. The number of aryl methyl sites for hydroxylation is 1. The van der Waals surface area contributed by atoms with E-state index in [1.54, 1.807) is 11.0 Å². The summed E-state index contributed by atoms with van der Waals surface area (Å²) in [5.41, 5.74) is 0.839. The number of carbonyl (C=O) groups excluding carboxylic acids is 2. The molecule has 6 nitrogen and oxygen atoms in total. The fourth-order valence-electron chi connectivity index (χ4n) is 3.14. The summed E-state index contributed by atoms with van der Waals surface area (Å²) in [4.78, 5) is 28.7. The lowest BCUT2D eigenvalue weighted by Crippen LogP contribution is -2.49. The van der Waals surface area contributed by atoms with E-state index in [2.05, 4.69) is 0 Å². The average Bonchev–Trinajstić information content (AvgIpc) is 3.00. The highest BCUT2D eigenvalue weighted by molar-refractivity contribution is 5.93. The maximum atomic E-state index is 12.6. The van der Waals surface area contributed by atoms with Gasteiger partial charge in [0.25, 0.3) is 5.91 Å². The van der Waals surface area contributed by atoms with Crippen LogP contribution in [0.2, 0.25) is 0 Å². The van der Waals surface area contributed by atoms with Gasteiger partial charge in [-0.05, 0) is 25.8 Å². The van der Waals surface area contributed by atoms with Crippen molar-refractivity contribution in [3.05, 3.63) is 23.7 Å². The molecule has 22 heavy (non-hydrogen) atoms. The Morgan fingerprint density at radius 3 is 2.64 bits per heavy atom. The van der Waals surface area contributed by atoms with Gasteiger partial charge >= 0.3 is 0 Å². The molecule has 0 aromatic carbocycles. The van der Waals surface area contributed by atoms with E-state index in [0.29, 0.717) is 45.2 Å². The lowest BCUT2D eigenvalue weighted by molar-refractivity contribution is -0.141. The average molecular weight is 306 g/mol. The molecule has 0 bridgehead atoms. The molecule has 0 radical (unpaired) electrons. The highest BCUT2D eigenvalue weighted by Gasteiger charge is 2.33. The molecule has 2 amide bonds. The Morgan fingerprint density at radius 1 is 1.18 bits per heavy atom. The number of carbonyl (C=O) groups is 2. The normalized spacial score (nSPS) is 22.7. The minimum atomic E-state index is -0.109. The van der Waals surface area contributed by atoms with E-state index < -0.39 is 0 Å². The van der Waals surface area contributed by atoms with E-state index >= 15 is 0 Å². The number of morpholine rings is 1. The largest absolute Gasteiger partial charge is 0.459 e. The standard InChI is InChI=1S/C16H22N2O4/c1-12-4-8-22-14(12)16(20)18-5-2-3-13(11-18)15(19)17-6-9-21-10-7-17/h4,8,13H,2-3,5-7,9-11H2,1H3. The van der Waals surface area contributed by atoms with Crippen LogP contribution in [0.5, 0.6) is 0 Å². The predicted octanol–water partition coefficient (Wildman–Crippen LogP) is 1.30. The second kappa shape index (κ2) is 6.52. The van der Waals surface area contributed by atoms with Gasteiger partial charge in [-0.2, -0.15) is 0 Å². The molecule has 2 saturated heterocycles. The van der Waals surface area contributed by atoms with E-state index in [1.807, 2.05) is 11.8 Å². The Labute approximate surface area is 130 Å². The summed E-state index contributed by atoms with van der Waals surface area (Å²) < 4.78 is 10.6. The number of furan rings is 1. The van der Waals surface area contributed by atoms with Crippen LogP contribution in [0.4, 0.5) is 0 Å². The summed E-state index contributed by atoms with van der Waals surface area (Å²) in [6, 6.07) is 1.79. The number of rotatable bonds is 2. The van der Waals surface area contributed by atoms with Crippen LogP contribution >= 0.6 is 0 Å². The summed E-state index contributed by atoms with van der Waals surface area (Å²) in [7, 11) is 0. The summed E-state index contributed by atoms with van der Waals surface area (Å²) in [5, 5.41) is 0. The smallest absolute Gasteiger partial charge is 0.289 e. The molecule has 1 aromatic heterocycles. The first-order valence-corrected chi connectivity index (χ1v) is 7.86. The molecule has 3 rings (SSSR count). The highest BCUT2D eigenvalue weighted by atomic mass is 16.5. The third-order valence-corrected chi connectivity index (χ3v) is 4.44. The third kappa shape index (κ3) is 3.02. The van der Waals surface area contributed by atoms with Crippen molar-refractivity contribution in [3.8, 4) is 0 Å². The van der Waals surface area contributed by atoms with Crippen molar-refractivity contribution in [2.24, 2.45) is 5.92 Å². The van der Waals surface area contributed by atoms with Crippen LogP contribution < -0.4 is 0 Å². The van der Waals surface area contributed by atoms with Gasteiger partial charge in [-0.25, -0.2) is 0 Å². The van der Waals surface area contributed by atoms with Gasteiger partial charge in [0, 0.05) is 31.7 Å². The van der Waals surface area contributed by atoms with Crippen LogP contribution in [0.1, 0.15) is 29.0 Å². The Kier molecular flexibility index (Phi) is 4.47. The molecule has 1 atom stereocenters. The van der Waals surface area contributed by atoms with Crippen molar-refractivity contribution in [1.29, 1.82) is 0 Å². The number of ether oxygens (including phenoxy) is 1. The number of amides is 2. The molecule has 0 N–H and O–H groups in total. The zero-order valence-corrected chi connectivity index (χ0v) is 12.9. The number of hydrogen-bond acceptors (Lipinski definition) is 4. The van der Waals surface area contributed by atoms with Gasteiger partial charge in [0.15, 0.2) is 5.76 Å². The molecule has 120 valence electrons. The Bertz CT molecular complexity index is 548. The molecule has 3 heterocycles. The predicted molar refractivity (Wildman–Crippen MR) is 79.5 cm³/mol. The first-order chi connectivity index (χ1) is 10.7. The lowest BCUT2D eigenvalue weighted by atomic mass is 9.96. The van der Waals surface area contributed by atoms with Gasteiger partial charge in [-0.15, -0.1) is 0 Å². The second-order valence-corrected chi connectivity index (χ2v) is 5.96. The Hall–Kier alpha value is -1.82. The summed E-state index contributed by atoms with van der Waals surface area (Å²) in [5.74, 6) is 0.324. The van der Waals surface area contributed by atoms with Crippen molar-refractivity contribution < 1.29 is 18.7 Å². The molecule has 2 fully saturated rings. The molecule has 6 heteroatoms. The maximum absolute atomic E-state index is 12.6. The molecule has 0 aliphatic carbocycles. The third-order valence-electron chi connectivity index (χ3n) is 4.44. The molecular weight excluding hydrogens is 284 g/mol. The van der Waals surface area contributed by atoms with E-state index in [0.717, 1.165) is 18.4 Å². The van der Waals surface area contributed by atoms with Crippen molar-refractivity contribution >= 4 is 11.8 Å². The fourth-order valence-corrected chi connectivity index (χ4v) is 3.14. The van der Waals surface area contributed by atoms with Crippen LogP contribution in [0.3, 0.4) is 0 Å². The van der Waals surface area contributed by atoms with E-state index in [-0.39, 0.29) is 17.7 Å². The second-order valence-electron chi connectivity index (χ2n) is 5.96. The van der Waals surface area contributed by atoms with Crippen LogP contribution in [-0.2, 0) is 9.53 Å². The van der Waals surface area contributed by atoms with E-state index in [1.165, 1.54) is 6.26 Å². The number of likely N-dealkylation sites (tertiary alicyclic amines) is 1. The van der Waals surface area contributed by atoms with Gasteiger partial charge in [0.1, 0.15) is 0 Å². The molecule has 2 aliphatic heterocycles. The maximum Gasteiger partial charge on any atom is 0.289 e. The monoisotopic (exact) mass is 306 g/mol. The summed E-state index contributed by atoms with van der Waals surface area (Å²) >= 11 is 0. The van der Waals surface area contributed by atoms with E-state index in [9.17, 15) is 9.59 Å².